The second-order valence-corrected chi connectivity index (χ2v) is 3.22. The number of furan rings is 1. The van der Waals surface area contributed by atoms with Crippen molar-refractivity contribution in [3.8, 4) is 0 Å². The largest absolute Gasteiger partial charge is 0.467 e. The molecule has 1 heterocycles. The monoisotopic (exact) mass is 196 g/mol. The van der Waals surface area contributed by atoms with E-state index in [4.69, 9.17) is 10.2 Å². The van der Waals surface area contributed by atoms with Crippen LogP contribution in [0, 0.1) is 0 Å². The first-order valence-corrected chi connectivity index (χ1v) is 4.72. The summed E-state index contributed by atoms with van der Waals surface area (Å²) in [6, 6.07) is 3.20. The molecular formula is C10H16N2O2. The minimum absolute atomic E-state index is 0.0519. The van der Waals surface area contributed by atoms with Gasteiger partial charge in [0.05, 0.1) is 18.8 Å². The number of carbonyl (C=O) groups is 1. The lowest BCUT2D eigenvalue weighted by Crippen LogP contribution is -2.41. The zero-order valence-corrected chi connectivity index (χ0v) is 8.56. The van der Waals surface area contributed by atoms with Crippen molar-refractivity contribution in [3.05, 3.63) is 24.2 Å². The van der Waals surface area contributed by atoms with E-state index in [0.717, 1.165) is 5.76 Å². The Balaban J connectivity index is 2.60. The van der Waals surface area contributed by atoms with Gasteiger partial charge in [0.25, 0.3) is 0 Å². The maximum absolute atomic E-state index is 11.6. The fraction of sp³-hybridized carbons (Fsp3) is 0.500. The number of hydrogen-bond acceptors (Lipinski definition) is 3. The average Bonchev–Trinajstić information content (AvgIpc) is 2.65. The fourth-order valence-corrected chi connectivity index (χ4v) is 1.22. The summed E-state index contributed by atoms with van der Waals surface area (Å²) >= 11 is 0. The van der Waals surface area contributed by atoms with Crippen LogP contribution >= 0.6 is 0 Å². The first kappa shape index (κ1) is 10.8. The van der Waals surface area contributed by atoms with Gasteiger partial charge < -0.3 is 15.1 Å². The Kier molecular flexibility index (Phi) is 3.71. The van der Waals surface area contributed by atoms with Crippen LogP contribution in [0.25, 0.3) is 0 Å². The molecule has 0 aliphatic carbocycles. The highest BCUT2D eigenvalue weighted by Crippen LogP contribution is 2.06. The van der Waals surface area contributed by atoms with Crippen molar-refractivity contribution in [1.82, 2.24) is 4.90 Å². The van der Waals surface area contributed by atoms with E-state index < -0.39 is 6.04 Å². The van der Waals surface area contributed by atoms with Crippen molar-refractivity contribution in [2.24, 2.45) is 5.73 Å². The van der Waals surface area contributed by atoms with E-state index in [0.29, 0.717) is 13.1 Å². The van der Waals surface area contributed by atoms with Crippen LogP contribution in [-0.4, -0.2) is 23.4 Å². The van der Waals surface area contributed by atoms with Crippen molar-refractivity contribution in [3.63, 3.8) is 0 Å². The molecule has 2 N–H and O–H groups in total. The molecule has 0 spiro atoms. The number of hydrogen-bond donors (Lipinski definition) is 1. The summed E-state index contributed by atoms with van der Waals surface area (Å²) in [4.78, 5) is 13.2. The summed E-state index contributed by atoms with van der Waals surface area (Å²) in [6.07, 6.45) is 1.60. The molecule has 1 aromatic rings. The van der Waals surface area contributed by atoms with E-state index >= 15 is 0 Å². The molecule has 0 aromatic carbocycles. The molecule has 4 nitrogen and oxygen atoms in total. The number of carbonyl (C=O) groups excluding carboxylic acids is 1. The Labute approximate surface area is 83.7 Å². The number of rotatable bonds is 4. The molecule has 0 saturated heterocycles. The molecule has 0 bridgehead atoms. The van der Waals surface area contributed by atoms with Crippen molar-refractivity contribution >= 4 is 5.91 Å². The molecule has 1 amide bonds. The highest BCUT2D eigenvalue weighted by molar-refractivity contribution is 5.81. The lowest BCUT2D eigenvalue weighted by atomic mass is 10.3. The second kappa shape index (κ2) is 4.81. The summed E-state index contributed by atoms with van der Waals surface area (Å²) in [6.45, 7) is 4.74. The highest BCUT2D eigenvalue weighted by Gasteiger charge is 2.16. The van der Waals surface area contributed by atoms with E-state index in [1.807, 2.05) is 13.0 Å². The summed E-state index contributed by atoms with van der Waals surface area (Å²) in [5.41, 5.74) is 5.52. The molecule has 0 fully saturated rings. The van der Waals surface area contributed by atoms with Crippen molar-refractivity contribution in [2.75, 3.05) is 6.54 Å². The predicted molar refractivity (Wildman–Crippen MR) is 53.4 cm³/mol. The van der Waals surface area contributed by atoms with Gasteiger partial charge in [-0.2, -0.15) is 0 Å². The zero-order chi connectivity index (χ0) is 10.6. The quantitative estimate of drug-likeness (QED) is 0.780. The normalized spacial score (nSPS) is 12.5. The zero-order valence-electron chi connectivity index (χ0n) is 8.56. The third kappa shape index (κ3) is 2.60. The maximum Gasteiger partial charge on any atom is 0.239 e. The van der Waals surface area contributed by atoms with E-state index in [1.165, 1.54) is 0 Å². The molecule has 1 rings (SSSR count). The Bertz CT molecular complexity index is 280. The van der Waals surface area contributed by atoms with Crippen LogP contribution in [0.4, 0.5) is 0 Å². The van der Waals surface area contributed by atoms with Gasteiger partial charge in [-0.3, -0.25) is 4.79 Å². The Morgan fingerprint density at radius 3 is 2.86 bits per heavy atom. The van der Waals surface area contributed by atoms with Crippen molar-refractivity contribution < 1.29 is 9.21 Å². The standard InChI is InChI=1S/C10H16N2O2/c1-3-12(10(13)8(2)11)7-9-5-4-6-14-9/h4-6,8H,3,7,11H2,1-2H3. The SMILES string of the molecule is CCN(Cc1ccco1)C(=O)C(C)N. The first-order valence-electron chi connectivity index (χ1n) is 4.72. The van der Waals surface area contributed by atoms with Gasteiger partial charge in [-0.15, -0.1) is 0 Å². The summed E-state index contributed by atoms with van der Waals surface area (Å²) in [7, 11) is 0. The highest BCUT2D eigenvalue weighted by atomic mass is 16.3. The van der Waals surface area contributed by atoms with Gasteiger partial charge in [0.2, 0.25) is 5.91 Å². The molecule has 4 heteroatoms. The third-order valence-electron chi connectivity index (χ3n) is 2.01. The van der Waals surface area contributed by atoms with E-state index in [1.54, 1.807) is 24.2 Å². The third-order valence-corrected chi connectivity index (χ3v) is 2.01. The Morgan fingerprint density at radius 1 is 1.71 bits per heavy atom. The number of nitrogens with zero attached hydrogens (tertiary/aromatic N) is 1. The molecule has 1 unspecified atom stereocenters. The van der Waals surface area contributed by atoms with E-state index in [9.17, 15) is 4.79 Å². The minimum atomic E-state index is -0.454. The molecular weight excluding hydrogens is 180 g/mol. The second-order valence-electron chi connectivity index (χ2n) is 3.22. The number of nitrogens with two attached hydrogens (primary N) is 1. The maximum atomic E-state index is 11.6. The van der Waals surface area contributed by atoms with Gasteiger partial charge in [0.1, 0.15) is 5.76 Å². The van der Waals surface area contributed by atoms with E-state index in [-0.39, 0.29) is 5.91 Å². The first-order chi connectivity index (χ1) is 6.65. The van der Waals surface area contributed by atoms with Gasteiger partial charge in [-0.1, -0.05) is 0 Å². The van der Waals surface area contributed by atoms with Gasteiger partial charge in [0, 0.05) is 6.54 Å². The van der Waals surface area contributed by atoms with Crippen molar-refractivity contribution in [1.29, 1.82) is 0 Å². The fourth-order valence-electron chi connectivity index (χ4n) is 1.22. The lowest BCUT2D eigenvalue weighted by molar-refractivity contribution is -0.132. The van der Waals surface area contributed by atoms with Gasteiger partial charge in [-0.25, -0.2) is 0 Å². The topological polar surface area (TPSA) is 59.5 Å². The molecule has 1 atom stereocenters. The average molecular weight is 196 g/mol. The van der Waals surface area contributed by atoms with E-state index in [2.05, 4.69) is 0 Å². The van der Waals surface area contributed by atoms with Gasteiger partial charge in [-0.05, 0) is 26.0 Å². The van der Waals surface area contributed by atoms with Crippen molar-refractivity contribution in [2.45, 2.75) is 26.4 Å². The minimum Gasteiger partial charge on any atom is -0.467 e. The Morgan fingerprint density at radius 2 is 2.43 bits per heavy atom. The van der Waals surface area contributed by atoms with Crippen LogP contribution in [0.5, 0.6) is 0 Å². The summed E-state index contributed by atoms with van der Waals surface area (Å²) in [5, 5.41) is 0. The molecule has 0 aliphatic heterocycles. The van der Waals surface area contributed by atoms with Crippen LogP contribution in [0.3, 0.4) is 0 Å². The van der Waals surface area contributed by atoms with Crippen LogP contribution in [0.1, 0.15) is 19.6 Å². The smallest absolute Gasteiger partial charge is 0.239 e. The van der Waals surface area contributed by atoms with Crippen LogP contribution in [-0.2, 0) is 11.3 Å². The molecule has 0 radical (unpaired) electrons. The molecule has 0 saturated carbocycles. The molecule has 14 heavy (non-hydrogen) atoms. The molecule has 1 aromatic heterocycles. The molecule has 0 aliphatic rings. The summed E-state index contributed by atoms with van der Waals surface area (Å²) < 4.78 is 5.16. The number of amides is 1. The lowest BCUT2D eigenvalue weighted by Gasteiger charge is -2.21. The predicted octanol–water partition coefficient (Wildman–Crippen LogP) is 0.975. The Hall–Kier alpha value is -1.29. The molecule has 78 valence electrons. The van der Waals surface area contributed by atoms with Gasteiger partial charge >= 0.3 is 0 Å². The number of likely N-dealkylation sites (N-methyl/N-ethyl adjacent to an activating group) is 1. The van der Waals surface area contributed by atoms with Crippen LogP contribution < -0.4 is 5.73 Å². The van der Waals surface area contributed by atoms with Gasteiger partial charge in [0.15, 0.2) is 0 Å². The van der Waals surface area contributed by atoms with Crippen LogP contribution in [0.15, 0.2) is 22.8 Å². The van der Waals surface area contributed by atoms with Crippen LogP contribution in [0.2, 0.25) is 0 Å². The summed E-state index contributed by atoms with van der Waals surface area (Å²) in [5.74, 6) is 0.727.